The number of aromatic hydroxyl groups is 1. The van der Waals surface area contributed by atoms with Gasteiger partial charge in [0.2, 0.25) is 0 Å². The monoisotopic (exact) mass is 275 g/mol. The molecule has 0 spiro atoms. The van der Waals surface area contributed by atoms with Crippen LogP contribution < -0.4 is 11.3 Å². The zero-order valence-corrected chi connectivity index (χ0v) is 10.5. The Kier molecular flexibility index (Phi) is 2.81. The molecule has 0 aliphatic carbocycles. The molecule has 96 valence electrons. The SMILES string of the molecule is NNc1ccc(-c2nc3ccc(O)cc3s2)cc1F. The standard InChI is InChI=1S/C13H10FN3OS/c14-9-5-7(1-3-10(9)17-15)13-16-11-4-2-8(18)6-12(11)19-13/h1-6,17-18H,15H2. The maximum absolute atomic E-state index is 13.7. The predicted octanol–water partition coefficient (Wildman–Crippen LogP) is 3.09. The van der Waals surface area contributed by atoms with E-state index in [1.807, 2.05) is 0 Å². The fourth-order valence-electron chi connectivity index (χ4n) is 1.80. The number of hydrazine groups is 1. The minimum Gasteiger partial charge on any atom is -0.508 e. The molecule has 4 N–H and O–H groups in total. The van der Waals surface area contributed by atoms with Gasteiger partial charge in [0, 0.05) is 5.56 Å². The van der Waals surface area contributed by atoms with Crippen molar-refractivity contribution in [2.24, 2.45) is 5.84 Å². The number of aromatic nitrogens is 1. The van der Waals surface area contributed by atoms with Crippen LogP contribution in [0, 0.1) is 5.82 Å². The molecule has 1 heterocycles. The van der Waals surface area contributed by atoms with Crippen molar-refractivity contribution < 1.29 is 9.50 Å². The van der Waals surface area contributed by atoms with E-state index in [0.29, 0.717) is 10.6 Å². The Morgan fingerprint density at radius 3 is 2.79 bits per heavy atom. The zero-order valence-electron chi connectivity index (χ0n) is 9.72. The number of hydrogen-bond donors (Lipinski definition) is 3. The molecular weight excluding hydrogens is 265 g/mol. The summed E-state index contributed by atoms with van der Waals surface area (Å²) >= 11 is 1.40. The van der Waals surface area contributed by atoms with Crippen molar-refractivity contribution in [3.8, 4) is 16.3 Å². The Morgan fingerprint density at radius 2 is 2.05 bits per heavy atom. The third-order valence-corrected chi connectivity index (χ3v) is 3.81. The van der Waals surface area contributed by atoms with Crippen LogP contribution in [0.4, 0.5) is 10.1 Å². The van der Waals surface area contributed by atoms with Crippen molar-refractivity contribution >= 4 is 27.2 Å². The quantitative estimate of drug-likeness (QED) is 0.496. The van der Waals surface area contributed by atoms with E-state index >= 15 is 0 Å². The lowest BCUT2D eigenvalue weighted by atomic mass is 10.2. The highest BCUT2D eigenvalue weighted by atomic mass is 32.1. The van der Waals surface area contributed by atoms with Gasteiger partial charge in [0.15, 0.2) is 0 Å². The van der Waals surface area contributed by atoms with Crippen molar-refractivity contribution in [1.82, 2.24) is 4.98 Å². The maximum Gasteiger partial charge on any atom is 0.148 e. The second kappa shape index (κ2) is 4.49. The van der Waals surface area contributed by atoms with Gasteiger partial charge in [-0.15, -0.1) is 11.3 Å². The smallest absolute Gasteiger partial charge is 0.148 e. The number of thiazole rings is 1. The maximum atomic E-state index is 13.7. The molecule has 4 nitrogen and oxygen atoms in total. The summed E-state index contributed by atoms with van der Waals surface area (Å²) in [7, 11) is 0. The summed E-state index contributed by atoms with van der Waals surface area (Å²) in [6.45, 7) is 0. The van der Waals surface area contributed by atoms with E-state index in [9.17, 15) is 9.50 Å². The molecule has 3 aromatic rings. The fourth-order valence-corrected chi connectivity index (χ4v) is 2.80. The zero-order chi connectivity index (χ0) is 13.4. The van der Waals surface area contributed by atoms with Crippen molar-refractivity contribution in [2.75, 3.05) is 5.43 Å². The number of hydrogen-bond acceptors (Lipinski definition) is 5. The van der Waals surface area contributed by atoms with Gasteiger partial charge >= 0.3 is 0 Å². The summed E-state index contributed by atoms with van der Waals surface area (Å²) in [4.78, 5) is 4.41. The summed E-state index contributed by atoms with van der Waals surface area (Å²) in [6, 6.07) is 9.64. The lowest BCUT2D eigenvalue weighted by Gasteiger charge is -2.02. The van der Waals surface area contributed by atoms with E-state index in [1.54, 1.807) is 30.3 Å². The summed E-state index contributed by atoms with van der Waals surface area (Å²) in [6.07, 6.45) is 0. The molecule has 0 aliphatic rings. The number of nitrogens with one attached hydrogen (secondary N) is 1. The van der Waals surface area contributed by atoms with Crippen LogP contribution in [0.1, 0.15) is 0 Å². The second-order valence-electron chi connectivity index (χ2n) is 4.01. The summed E-state index contributed by atoms with van der Waals surface area (Å²) in [5.41, 5.74) is 3.98. The Hall–Kier alpha value is -2.18. The summed E-state index contributed by atoms with van der Waals surface area (Å²) in [5.74, 6) is 4.95. The number of halogens is 1. The van der Waals surface area contributed by atoms with Gasteiger partial charge in [0.1, 0.15) is 16.6 Å². The number of anilines is 1. The van der Waals surface area contributed by atoms with Crippen LogP contribution in [-0.2, 0) is 0 Å². The van der Waals surface area contributed by atoms with Crippen LogP contribution in [0.25, 0.3) is 20.8 Å². The Balaban J connectivity index is 2.11. The first-order valence-electron chi connectivity index (χ1n) is 5.53. The van der Waals surface area contributed by atoms with Crippen molar-refractivity contribution in [1.29, 1.82) is 0 Å². The second-order valence-corrected chi connectivity index (χ2v) is 5.04. The van der Waals surface area contributed by atoms with Crippen LogP contribution in [0.15, 0.2) is 36.4 Å². The van der Waals surface area contributed by atoms with Crippen molar-refractivity contribution in [3.63, 3.8) is 0 Å². The molecule has 0 aliphatic heterocycles. The first-order chi connectivity index (χ1) is 9.17. The van der Waals surface area contributed by atoms with Gasteiger partial charge in [-0.1, -0.05) is 0 Å². The summed E-state index contributed by atoms with van der Waals surface area (Å²) < 4.78 is 14.5. The van der Waals surface area contributed by atoms with Gasteiger partial charge in [-0.2, -0.15) is 0 Å². The molecule has 19 heavy (non-hydrogen) atoms. The molecule has 0 fully saturated rings. The molecule has 0 unspecified atom stereocenters. The number of benzene rings is 2. The predicted molar refractivity (Wildman–Crippen MR) is 74.5 cm³/mol. The average molecular weight is 275 g/mol. The van der Waals surface area contributed by atoms with Gasteiger partial charge in [-0.3, -0.25) is 5.84 Å². The number of nitrogen functional groups attached to an aromatic ring is 1. The van der Waals surface area contributed by atoms with Crippen LogP contribution in [0.2, 0.25) is 0 Å². The van der Waals surface area contributed by atoms with Crippen LogP contribution >= 0.6 is 11.3 Å². The molecule has 1 aromatic heterocycles. The van der Waals surface area contributed by atoms with Gasteiger partial charge < -0.3 is 10.5 Å². The third kappa shape index (κ3) is 2.11. The molecule has 0 bridgehead atoms. The topological polar surface area (TPSA) is 71.2 Å². The fraction of sp³-hybridized carbons (Fsp3) is 0. The van der Waals surface area contributed by atoms with Gasteiger partial charge in [-0.05, 0) is 36.4 Å². The van der Waals surface area contributed by atoms with Gasteiger partial charge in [0.05, 0.1) is 15.9 Å². The highest BCUT2D eigenvalue weighted by molar-refractivity contribution is 7.21. The Morgan fingerprint density at radius 1 is 1.21 bits per heavy atom. The van der Waals surface area contributed by atoms with E-state index in [0.717, 1.165) is 10.2 Å². The van der Waals surface area contributed by atoms with Crippen molar-refractivity contribution in [2.45, 2.75) is 0 Å². The van der Waals surface area contributed by atoms with E-state index in [1.165, 1.54) is 17.4 Å². The van der Waals surface area contributed by atoms with Gasteiger partial charge in [-0.25, -0.2) is 9.37 Å². The normalized spacial score (nSPS) is 10.8. The van der Waals surface area contributed by atoms with Crippen LogP contribution in [-0.4, -0.2) is 10.1 Å². The summed E-state index contributed by atoms with van der Waals surface area (Å²) in [5, 5.41) is 10.1. The lowest BCUT2D eigenvalue weighted by Crippen LogP contribution is -2.08. The van der Waals surface area contributed by atoms with E-state index in [2.05, 4.69) is 10.4 Å². The molecule has 0 saturated carbocycles. The minimum atomic E-state index is -0.429. The van der Waals surface area contributed by atoms with Crippen molar-refractivity contribution in [3.05, 3.63) is 42.2 Å². The first kappa shape index (κ1) is 11.9. The minimum absolute atomic E-state index is 0.191. The molecule has 6 heteroatoms. The molecule has 0 saturated heterocycles. The van der Waals surface area contributed by atoms with Gasteiger partial charge in [0.25, 0.3) is 0 Å². The van der Waals surface area contributed by atoms with Crippen LogP contribution in [0.5, 0.6) is 5.75 Å². The van der Waals surface area contributed by atoms with E-state index < -0.39 is 5.82 Å². The number of phenolic OH excluding ortho intramolecular Hbond substituents is 1. The molecule has 2 aromatic carbocycles. The van der Waals surface area contributed by atoms with Crippen LogP contribution in [0.3, 0.4) is 0 Å². The Labute approximate surface area is 112 Å². The Bertz CT molecular complexity index is 757. The molecule has 3 rings (SSSR count). The third-order valence-electron chi connectivity index (χ3n) is 2.74. The molecule has 0 atom stereocenters. The van der Waals surface area contributed by atoms with E-state index in [-0.39, 0.29) is 11.4 Å². The molecule has 0 amide bonds. The number of phenols is 1. The highest BCUT2D eigenvalue weighted by Gasteiger charge is 2.09. The number of fused-ring (bicyclic) bond motifs is 1. The first-order valence-corrected chi connectivity index (χ1v) is 6.35. The molecule has 0 radical (unpaired) electrons. The number of nitrogens with two attached hydrogens (primary N) is 1. The largest absolute Gasteiger partial charge is 0.508 e. The number of nitrogens with zero attached hydrogens (tertiary/aromatic N) is 1. The number of rotatable bonds is 2. The highest BCUT2D eigenvalue weighted by Crippen LogP contribution is 2.33. The lowest BCUT2D eigenvalue weighted by molar-refractivity contribution is 0.476. The van der Waals surface area contributed by atoms with E-state index in [4.69, 9.17) is 5.84 Å². The average Bonchev–Trinajstić information content (AvgIpc) is 2.81. The molecular formula is C13H10FN3OS.